The smallest absolute Gasteiger partial charge is 0.151 e. The summed E-state index contributed by atoms with van der Waals surface area (Å²) in [5.74, 6) is 1.56. The minimum absolute atomic E-state index is 0. The SMILES string of the molecule is CC(=O)/C=C(/C)[N-]C1CCCCC1.Cc1cc(C)c2c(C)cc(-c3[c-]ccc4c3C(C)(C)c3c-4oc4ccc(C(C)C)cc34)nc2c1.[Ir]. The van der Waals surface area contributed by atoms with E-state index in [9.17, 15) is 4.79 Å². The van der Waals surface area contributed by atoms with E-state index in [4.69, 9.17) is 9.40 Å². The molecule has 0 atom stereocenters. The summed E-state index contributed by atoms with van der Waals surface area (Å²) >= 11 is 0. The molecule has 2 heterocycles. The van der Waals surface area contributed by atoms with Crippen molar-refractivity contribution in [3.8, 4) is 22.6 Å². The van der Waals surface area contributed by atoms with Crippen LogP contribution in [0.5, 0.6) is 0 Å². The fourth-order valence-corrected chi connectivity index (χ4v) is 7.89. The maximum absolute atomic E-state index is 10.8. The third kappa shape index (κ3) is 6.82. The Hall–Kier alpha value is -3.53. The van der Waals surface area contributed by atoms with Crippen molar-refractivity contribution < 1.29 is 29.3 Å². The van der Waals surface area contributed by atoms with Crippen LogP contribution in [0.2, 0.25) is 0 Å². The van der Waals surface area contributed by atoms with Gasteiger partial charge in [0, 0.05) is 36.4 Å². The molecule has 2 aliphatic rings. The van der Waals surface area contributed by atoms with Gasteiger partial charge in [-0.15, -0.1) is 35.4 Å². The van der Waals surface area contributed by atoms with Gasteiger partial charge in [-0.25, -0.2) is 0 Å². The molecule has 3 aromatic carbocycles. The summed E-state index contributed by atoms with van der Waals surface area (Å²) in [5.41, 5.74) is 13.6. The van der Waals surface area contributed by atoms with Gasteiger partial charge in [-0.1, -0.05) is 90.5 Å². The van der Waals surface area contributed by atoms with Crippen molar-refractivity contribution in [1.82, 2.24) is 4.98 Å². The summed E-state index contributed by atoms with van der Waals surface area (Å²) < 4.78 is 6.49. The quantitative estimate of drug-likeness (QED) is 0.131. The molecule has 0 amide bonds. The van der Waals surface area contributed by atoms with Crippen LogP contribution in [0, 0.1) is 26.8 Å². The van der Waals surface area contributed by atoms with Crippen molar-refractivity contribution >= 4 is 27.7 Å². The van der Waals surface area contributed by atoms with E-state index >= 15 is 0 Å². The summed E-state index contributed by atoms with van der Waals surface area (Å²) in [6, 6.07) is 21.5. The van der Waals surface area contributed by atoms with Crippen LogP contribution in [0.15, 0.2) is 64.7 Å². The average molecular weight is 817 g/mol. The van der Waals surface area contributed by atoms with E-state index < -0.39 is 0 Å². The van der Waals surface area contributed by atoms with Crippen molar-refractivity contribution in [2.75, 3.05) is 0 Å². The Morgan fingerprint density at radius 2 is 1.69 bits per heavy atom. The van der Waals surface area contributed by atoms with Crippen molar-refractivity contribution in [1.29, 1.82) is 0 Å². The molecular formula is C43H48IrN2O2-2. The number of aryl methyl sites for hydroxylation is 3. The van der Waals surface area contributed by atoms with E-state index in [1.165, 1.54) is 76.3 Å². The monoisotopic (exact) mass is 817 g/mol. The van der Waals surface area contributed by atoms with E-state index in [1.807, 2.05) is 13.0 Å². The van der Waals surface area contributed by atoms with Gasteiger partial charge >= 0.3 is 0 Å². The van der Waals surface area contributed by atoms with Gasteiger partial charge in [0.2, 0.25) is 0 Å². The predicted octanol–water partition coefficient (Wildman–Crippen LogP) is 12.0. The van der Waals surface area contributed by atoms with Crippen LogP contribution >= 0.6 is 0 Å². The van der Waals surface area contributed by atoms with Crippen LogP contribution in [0.3, 0.4) is 0 Å². The molecule has 1 fully saturated rings. The number of fused-ring (bicyclic) bond motifs is 6. The molecule has 4 nitrogen and oxygen atoms in total. The zero-order valence-electron chi connectivity index (χ0n) is 29.9. The molecular weight excluding hydrogens is 769 g/mol. The van der Waals surface area contributed by atoms with Crippen molar-refractivity contribution in [3.63, 3.8) is 0 Å². The standard InChI is InChI=1S/C32H30NO.C11H19NO.Ir/c1-17(2)21-11-12-27-24(16-21)30-31(34-27)23-10-8-9-22(29(23)32(30,6)7)25-15-20(5)28-19(4)13-18(3)14-26(28)33-25;1-9(8-10(2)13)12-11-6-4-3-5-7-11;/h8,10-17H,1-7H3;8,11H,3-7H2,1-2H3,(H,12,13);/q-1;;/p-1. The maximum Gasteiger partial charge on any atom is 0.151 e. The Kier molecular flexibility index (Phi) is 10.5. The fourth-order valence-electron chi connectivity index (χ4n) is 7.89. The van der Waals surface area contributed by atoms with Crippen molar-refractivity contribution in [2.45, 2.75) is 112 Å². The van der Waals surface area contributed by atoms with Gasteiger partial charge < -0.3 is 9.73 Å². The predicted molar refractivity (Wildman–Crippen MR) is 196 cm³/mol. The first-order valence-corrected chi connectivity index (χ1v) is 17.3. The van der Waals surface area contributed by atoms with E-state index in [2.05, 4.69) is 102 Å². The van der Waals surface area contributed by atoms with Crippen molar-refractivity contribution in [3.05, 3.63) is 105 Å². The number of hydrogen-bond donors (Lipinski definition) is 0. The molecule has 0 aliphatic heterocycles. The molecule has 2 aromatic heterocycles. The third-order valence-corrected chi connectivity index (χ3v) is 9.95. The number of furan rings is 1. The average Bonchev–Trinajstić information content (AvgIpc) is 3.50. The van der Waals surface area contributed by atoms with Crippen LogP contribution in [-0.4, -0.2) is 16.8 Å². The number of pyridine rings is 1. The van der Waals surface area contributed by atoms with Gasteiger partial charge in [-0.2, -0.15) is 5.70 Å². The van der Waals surface area contributed by atoms with Gasteiger partial charge in [0.1, 0.15) is 11.3 Å². The Labute approximate surface area is 300 Å². The summed E-state index contributed by atoms with van der Waals surface area (Å²) in [7, 11) is 0. The molecule has 0 saturated heterocycles. The Bertz CT molecular complexity index is 2020. The molecule has 0 spiro atoms. The Morgan fingerprint density at radius 1 is 0.979 bits per heavy atom. The third-order valence-electron chi connectivity index (χ3n) is 9.95. The second-order valence-corrected chi connectivity index (χ2v) is 14.6. The van der Waals surface area contributed by atoms with Crippen LogP contribution < -0.4 is 0 Å². The van der Waals surface area contributed by atoms with E-state index in [0.29, 0.717) is 12.0 Å². The van der Waals surface area contributed by atoms with Crippen LogP contribution in [0.4, 0.5) is 0 Å². The first kappa shape index (κ1) is 35.8. The first-order valence-electron chi connectivity index (χ1n) is 17.3. The normalized spacial score (nSPS) is 15.5. The zero-order valence-corrected chi connectivity index (χ0v) is 32.3. The van der Waals surface area contributed by atoms with Gasteiger partial charge in [0.25, 0.3) is 0 Å². The van der Waals surface area contributed by atoms with E-state index in [-0.39, 0.29) is 31.3 Å². The summed E-state index contributed by atoms with van der Waals surface area (Å²) in [4.78, 5) is 15.9. The summed E-state index contributed by atoms with van der Waals surface area (Å²) in [6.45, 7) is 19.1. The number of carbonyl (C=O) groups is 1. The number of carbonyl (C=O) groups excluding carboxylic acids is 1. The largest absolute Gasteiger partial charge is 0.685 e. The molecule has 1 radical (unpaired) electrons. The number of aromatic nitrogens is 1. The summed E-state index contributed by atoms with van der Waals surface area (Å²) in [6.07, 6.45) is 7.95. The number of allylic oxidation sites excluding steroid dienone is 2. The van der Waals surface area contributed by atoms with Crippen molar-refractivity contribution in [2.24, 2.45) is 0 Å². The molecule has 7 rings (SSSR count). The number of rotatable bonds is 5. The summed E-state index contributed by atoms with van der Waals surface area (Å²) in [5, 5.41) is 6.99. The molecule has 0 N–H and O–H groups in total. The second-order valence-electron chi connectivity index (χ2n) is 14.6. The first-order chi connectivity index (χ1) is 22.3. The number of nitrogens with zero attached hydrogens (tertiary/aromatic N) is 2. The molecule has 1 saturated carbocycles. The molecule has 0 unspecified atom stereocenters. The second kappa shape index (κ2) is 14.1. The van der Waals surface area contributed by atoms with Crippen LogP contribution in [0.1, 0.15) is 113 Å². The molecule has 5 heteroatoms. The minimum Gasteiger partial charge on any atom is -0.685 e. The molecule has 48 heavy (non-hydrogen) atoms. The van der Waals surface area contributed by atoms with Gasteiger partial charge in [-0.3, -0.25) is 9.78 Å². The fraction of sp³-hybridized carbons (Fsp3) is 0.395. The number of benzene rings is 3. The van der Waals surface area contributed by atoms with E-state index in [0.717, 1.165) is 39.4 Å². The van der Waals surface area contributed by atoms with E-state index in [1.54, 1.807) is 13.0 Å². The Morgan fingerprint density at radius 3 is 2.38 bits per heavy atom. The Balaban J connectivity index is 0.000000274. The minimum atomic E-state index is -0.217. The molecule has 0 bridgehead atoms. The maximum atomic E-state index is 10.8. The van der Waals surface area contributed by atoms with Crippen LogP contribution in [0.25, 0.3) is 49.8 Å². The van der Waals surface area contributed by atoms with Gasteiger partial charge in [-0.05, 0) is 91.3 Å². The number of ketones is 1. The van der Waals surface area contributed by atoms with Crippen LogP contribution in [-0.2, 0) is 30.3 Å². The molecule has 2 aliphatic carbocycles. The molecule has 253 valence electrons. The zero-order chi connectivity index (χ0) is 33.6. The molecule has 5 aromatic rings. The topological polar surface area (TPSA) is 57.2 Å². The number of hydrogen-bond acceptors (Lipinski definition) is 3. The van der Waals surface area contributed by atoms with Gasteiger partial charge in [0.15, 0.2) is 5.78 Å². The van der Waals surface area contributed by atoms with Gasteiger partial charge in [0.05, 0.1) is 5.52 Å².